The van der Waals surface area contributed by atoms with Crippen LogP contribution in [-0.4, -0.2) is 84.3 Å². The Morgan fingerprint density at radius 2 is 1.35 bits per heavy atom. The quantitative estimate of drug-likeness (QED) is 0.225. The molecule has 6 atom stereocenters. The van der Waals surface area contributed by atoms with Crippen molar-refractivity contribution in [3.05, 3.63) is 47.5 Å². The first-order chi connectivity index (χ1) is 16.1. The lowest BCUT2D eigenvalue weighted by molar-refractivity contribution is -0.284. The molecule has 3 rings (SSSR count). The highest BCUT2D eigenvalue weighted by molar-refractivity contribution is 5.41. The lowest BCUT2D eigenvalue weighted by Gasteiger charge is -2.37. The maximum Gasteiger partial charge on any atom is 0.186 e. The van der Waals surface area contributed by atoms with Crippen molar-refractivity contribution in [3.8, 4) is 23.0 Å². The van der Waals surface area contributed by atoms with E-state index in [1.54, 1.807) is 12.1 Å². The average Bonchev–Trinajstić information content (AvgIpc) is 2.80. The van der Waals surface area contributed by atoms with Crippen LogP contribution in [0.25, 0.3) is 0 Å². The van der Waals surface area contributed by atoms with Gasteiger partial charge < -0.3 is 50.3 Å². The van der Waals surface area contributed by atoms with Gasteiger partial charge >= 0.3 is 0 Å². The first-order valence-corrected chi connectivity index (χ1v) is 11.1. The van der Waals surface area contributed by atoms with Crippen LogP contribution in [0.3, 0.4) is 0 Å². The average molecular weight is 481 g/mol. The molecule has 8 N–H and O–H groups in total. The first-order valence-electron chi connectivity index (χ1n) is 11.1. The van der Waals surface area contributed by atoms with Crippen LogP contribution in [0.15, 0.2) is 36.4 Å². The molecule has 2 aromatic rings. The smallest absolute Gasteiger partial charge is 0.186 e. The second-order valence-corrected chi connectivity index (χ2v) is 8.62. The summed E-state index contributed by atoms with van der Waals surface area (Å²) in [7, 11) is 0. The Bertz CT molecular complexity index is 936. The second-order valence-electron chi connectivity index (χ2n) is 8.62. The second kappa shape index (κ2) is 11.7. The first kappa shape index (κ1) is 26.0. The number of hydrogen-bond acceptors (Lipinski definition) is 10. The highest BCUT2D eigenvalue weighted by Crippen LogP contribution is 2.28. The van der Waals surface area contributed by atoms with Gasteiger partial charge in [-0.25, -0.2) is 0 Å². The number of rotatable bonds is 10. The van der Waals surface area contributed by atoms with Crippen molar-refractivity contribution >= 4 is 0 Å². The van der Waals surface area contributed by atoms with Crippen LogP contribution in [0.2, 0.25) is 0 Å². The van der Waals surface area contributed by atoms with Gasteiger partial charge in [0.2, 0.25) is 0 Å². The summed E-state index contributed by atoms with van der Waals surface area (Å²) in [5.41, 5.74) is 1.45. The summed E-state index contributed by atoms with van der Waals surface area (Å²) in [6.45, 7) is -0.214. The standard InChI is InChI=1S/C24H32O10/c25-15(5-1-13-3-7-17(26)19(28)9-13)11-16(6-2-14-4-8-18(27)20(29)10-14)34-24-23(32)22(31)21(30)12-33-24/h3-4,7-10,15-16,21-32H,1-2,5-6,11-12H2/t15?,16-,21+,22-,23+,24-/m0/s1. The van der Waals surface area contributed by atoms with Crippen molar-refractivity contribution in [3.63, 3.8) is 0 Å². The van der Waals surface area contributed by atoms with Gasteiger partial charge in [0, 0.05) is 0 Å². The SMILES string of the molecule is Oc1ccc(CCC(O)C[C@H](CCc2ccc(O)c(O)c2)O[C@@H]2OC[C@@H](O)[C@H](O)[C@H]2O)cc1O. The molecule has 0 radical (unpaired) electrons. The molecule has 10 nitrogen and oxygen atoms in total. The number of aromatic hydroxyl groups is 4. The topological polar surface area (TPSA) is 180 Å². The molecule has 34 heavy (non-hydrogen) atoms. The molecule has 0 amide bonds. The van der Waals surface area contributed by atoms with E-state index < -0.39 is 36.8 Å². The van der Waals surface area contributed by atoms with Gasteiger partial charge in [-0.1, -0.05) is 12.1 Å². The van der Waals surface area contributed by atoms with Crippen molar-refractivity contribution in [2.75, 3.05) is 6.61 Å². The normalized spacial score (nSPS) is 24.6. The fourth-order valence-corrected chi connectivity index (χ4v) is 3.86. The zero-order chi connectivity index (χ0) is 24.8. The summed E-state index contributed by atoms with van der Waals surface area (Å²) in [5, 5.41) is 78.7. The monoisotopic (exact) mass is 480 g/mol. The maximum atomic E-state index is 10.6. The number of benzene rings is 2. The molecule has 0 saturated carbocycles. The number of aliphatic hydroxyl groups is 4. The third-order valence-electron chi connectivity index (χ3n) is 5.92. The van der Waals surface area contributed by atoms with Gasteiger partial charge in [0.05, 0.1) is 18.8 Å². The number of aryl methyl sites for hydroxylation is 2. The van der Waals surface area contributed by atoms with Gasteiger partial charge in [0.25, 0.3) is 0 Å². The molecule has 0 bridgehead atoms. The molecule has 1 unspecified atom stereocenters. The molecule has 1 fully saturated rings. The van der Waals surface area contributed by atoms with Crippen molar-refractivity contribution in [1.29, 1.82) is 0 Å². The summed E-state index contributed by atoms with van der Waals surface area (Å²) < 4.78 is 11.2. The minimum absolute atomic E-state index is 0.166. The van der Waals surface area contributed by atoms with Gasteiger partial charge in [-0.3, -0.25) is 0 Å². The fourth-order valence-electron chi connectivity index (χ4n) is 3.86. The number of ether oxygens (including phenoxy) is 2. The van der Waals surface area contributed by atoms with Crippen LogP contribution in [0.4, 0.5) is 0 Å². The summed E-state index contributed by atoms with van der Waals surface area (Å²) in [6.07, 6.45) is -5.04. The molecule has 0 spiro atoms. The fraction of sp³-hybridized carbons (Fsp3) is 0.500. The summed E-state index contributed by atoms with van der Waals surface area (Å²) >= 11 is 0. The van der Waals surface area contributed by atoms with Gasteiger partial charge in [-0.05, 0) is 67.5 Å². The van der Waals surface area contributed by atoms with E-state index in [1.165, 1.54) is 24.3 Å². The highest BCUT2D eigenvalue weighted by Gasteiger charge is 2.39. The van der Waals surface area contributed by atoms with Crippen LogP contribution in [0.1, 0.15) is 30.4 Å². The largest absolute Gasteiger partial charge is 0.504 e. The molecule has 1 aliphatic heterocycles. The highest BCUT2D eigenvalue weighted by atomic mass is 16.7. The molecule has 0 aromatic heterocycles. The Hall–Kier alpha value is -2.60. The number of phenolic OH excluding ortho intramolecular Hbond substituents is 4. The van der Waals surface area contributed by atoms with Crippen molar-refractivity contribution < 1.29 is 50.3 Å². The minimum atomic E-state index is -1.47. The molecule has 1 heterocycles. The molecular formula is C24H32O10. The Kier molecular flexibility index (Phi) is 8.95. The third kappa shape index (κ3) is 6.95. The van der Waals surface area contributed by atoms with Gasteiger partial charge in [0.1, 0.15) is 18.3 Å². The molecule has 1 aliphatic rings. The predicted molar refractivity (Wildman–Crippen MR) is 119 cm³/mol. The Morgan fingerprint density at radius 1 is 0.794 bits per heavy atom. The van der Waals surface area contributed by atoms with E-state index in [-0.39, 0.29) is 36.0 Å². The van der Waals surface area contributed by atoms with Gasteiger partial charge in [-0.2, -0.15) is 0 Å². The summed E-state index contributed by atoms with van der Waals surface area (Å²) in [5.74, 6) is -0.959. The molecule has 0 aliphatic carbocycles. The van der Waals surface area contributed by atoms with Crippen LogP contribution in [0, 0.1) is 0 Å². The van der Waals surface area contributed by atoms with Crippen molar-refractivity contribution in [2.24, 2.45) is 0 Å². The Labute approximate surface area is 196 Å². The number of phenols is 4. The van der Waals surface area contributed by atoms with Crippen molar-refractivity contribution in [2.45, 2.75) is 68.9 Å². The summed E-state index contributed by atoms with van der Waals surface area (Å²) in [4.78, 5) is 0. The van der Waals surface area contributed by atoms with E-state index in [0.717, 1.165) is 11.1 Å². The van der Waals surface area contributed by atoms with Crippen molar-refractivity contribution in [1.82, 2.24) is 0 Å². The Morgan fingerprint density at radius 3 is 1.91 bits per heavy atom. The Balaban J connectivity index is 1.63. The zero-order valence-electron chi connectivity index (χ0n) is 18.6. The van der Waals surface area contributed by atoms with E-state index in [4.69, 9.17) is 9.47 Å². The molecule has 188 valence electrons. The van der Waals surface area contributed by atoms with E-state index in [1.807, 2.05) is 0 Å². The number of hydrogen-bond donors (Lipinski definition) is 8. The molecule has 1 saturated heterocycles. The van der Waals surface area contributed by atoms with E-state index >= 15 is 0 Å². The maximum absolute atomic E-state index is 10.6. The predicted octanol–water partition coefficient (Wildman–Crippen LogP) is 0.650. The van der Waals surface area contributed by atoms with Crippen LogP contribution in [0.5, 0.6) is 23.0 Å². The summed E-state index contributed by atoms with van der Waals surface area (Å²) in [6, 6.07) is 8.88. The third-order valence-corrected chi connectivity index (χ3v) is 5.92. The zero-order valence-corrected chi connectivity index (χ0v) is 18.6. The molecule has 10 heteroatoms. The van der Waals surface area contributed by atoms with E-state index in [2.05, 4.69) is 0 Å². The number of aliphatic hydroxyl groups excluding tert-OH is 4. The molecule has 2 aromatic carbocycles. The van der Waals surface area contributed by atoms with Crippen LogP contribution >= 0.6 is 0 Å². The lowest BCUT2D eigenvalue weighted by atomic mass is 9.98. The van der Waals surface area contributed by atoms with E-state index in [9.17, 15) is 40.9 Å². The molecular weight excluding hydrogens is 448 g/mol. The van der Waals surface area contributed by atoms with Gasteiger partial charge in [-0.15, -0.1) is 0 Å². The van der Waals surface area contributed by atoms with Crippen LogP contribution < -0.4 is 0 Å². The van der Waals surface area contributed by atoms with Gasteiger partial charge in [0.15, 0.2) is 29.3 Å². The van der Waals surface area contributed by atoms with E-state index in [0.29, 0.717) is 25.7 Å². The minimum Gasteiger partial charge on any atom is -0.504 e. The lowest BCUT2D eigenvalue weighted by Crippen LogP contribution is -2.54. The van der Waals surface area contributed by atoms with Crippen LogP contribution in [-0.2, 0) is 22.3 Å².